The summed E-state index contributed by atoms with van der Waals surface area (Å²) in [6.07, 6.45) is -3.03. The van der Waals surface area contributed by atoms with E-state index in [1.54, 1.807) is 30.3 Å². The molecule has 1 aliphatic carbocycles. The van der Waals surface area contributed by atoms with Crippen molar-refractivity contribution in [3.05, 3.63) is 64.7 Å². The first-order chi connectivity index (χ1) is 14.5. The summed E-state index contributed by atoms with van der Waals surface area (Å²) in [4.78, 5) is -1.39. The van der Waals surface area contributed by atoms with E-state index >= 15 is 0 Å². The normalized spacial score (nSPS) is 17.8. The molecule has 2 aromatic carbocycles. The summed E-state index contributed by atoms with van der Waals surface area (Å²) in [7, 11) is -3.99. The summed E-state index contributed by atoms with van der Waals surface area (Å²) >= 11 is 5.82. The molecular formula is C21H24ClF3N2O3S. The van der Waals surface area contributed by atoms with Crippen LogP contribution in [0.25, 0.3) is 0 Å². The lowest BCUT2D eigenvalue weighted by Gasteiger charge is -2.37. The van der Waals surface area contributed by atoms with Crippen molar-refractivity contribution in [3.8, 4) is 5.75 Å². The van der Waals surface area contributed by atoms with Gasteiger partial charge in [0.05, 0.1) is 5.56 Å². The zero-order valence-corrected chi connectivity index (χ0v) is 18.2. The SMILES string of the molecule is NS(=O)(=O)C1(NCC(Oc2ccccc2)c2ccc(Cl)cc2C(F)(F)F)CCCCC1. The fraction of sp³-hybridized carbons (Fsp3) is 0.429. The van der Waals surface area contributed by atoms with Crippen molar-refractivity contribution in [3.63, 3.8) is 0 Å². The Morgan fingerprint density at radius 3 is 2.32 bits per heavy atom. The number of nitrogens with one attached hydrogen (secondary N) is 1. The fourth-order valence-corrected chi connectivity index (χ4v) is 5.21. The van der Waals surface area contributed by atoms with Gasteiger partial charge in [-0.05, 0) is 37.1 Å². The minimum absolute atomic E-state index is 0.0595. The highest BCUT2D eigenvalue weighted by Gasteiger charge is 2.43. The van der Waals surface area contributed by atoms with Crippen LogP contribution in [0.5, 0.6) is 5.75 Å². The van der Waals surface area contributed by atoms with Gasteiger partial charge in [0.25, 0.3) is 0 Å². The molecule has 3 N–H and O–H groups in total. The zero-order valence-electron chi connectivity index (χ0n) is 16.7. The van der Waals surface area contributed by atoms with Gasteiger partial charge in [0.1, 0.15) is 16.7 Å². The molecule has 170 valence electrons. The molecule has 10 heteroatoms. The highest BCUT2D eigenvalue weighted by molar-refractivity contribution is 7.90. The standard InChI is InChI=1S/C21H24ClF3N2O3S/c22-15-9-10-17(18(13-15)21(23,24)25)19(30-16-7-3-1-4-8-16)14-27-20(31(26,28)29)11-5-2-6-12-20/h1,3-4,7-10,13,19,27H,2,5-6,11-12,14H2,(H2,26,28,29). The van der Waals surface area contributed by atoms with Crippen molar-refractivity contribution in [1.29, 1.82) is 0 Å². The van der Waals surface area contributed by atoms with Gasteiger partial charge in [-0.2, -0.15) is 13.2 Å². The number of hydrogen-bond donors (Lipinski definition) is 2. The zero-order chi connectivity index (χ0) is 22.7. The molecule has 1 fully saturated rings. The lowest BCUT2D eigenvalue weighted by atomic mass is 9.94. The van der Waals surface area contributed by atoms with Crippen LogP contribution in [-0.4, -0.2) is 19.8 Å². The van der Waals surface area contributed by atoms with Gasteiger partial charge >= 0.3 is 6.18 Å². The summed E-state index contributed by atoms with van der Waals surface area (Å²) in [5, 5.41) is 8.40. The predicted octanol–water partition coefficient (Wildman–Crippen LogP) is 5.02. The van der Waals surface area contributed by atoms with E-state index in [0.717, 1.165) is 12.5 Å². The Morgan fingerprint density at radius 2 is 1.74 bits per heavy atom. The summed E-state index contributed by atoms with van der Waals surface area (Å²) in [5.74, 6) is 0.352. The number of rotatable bonds is 7. The smallest absolute Gasteiger partial charge is 0.416 e. The second kappa shape index (κ2) is 9.36. The van der Waals surface area contributed by atoms with Crippen molar-refractivity contribution >= 4 is 21.6 Å². The number of para-hydroxylation sites is 1. The van der Waals surface area contributed by atoms with Crippen molar-refractivity contribution in [2.45, 2.75) is 49.3 Å². The van der Waals surface area contributed by atoms with E-state index in [2.05, 4.69) is 5.32 Å². The molecule has 1 saturated carbocycles. The maximum absolute atomic E-state index is 13.7. The molecule has 31 heavy (non-hydrogen) atoms. The Hall–Kier alpha value is -1.81. The van der Waals surface area contributed by atoms with E-state index in [4.69, 9.17) is 21.5 Å². The van der Waals surface area contributed by atoms with Gasteiger partial charge in [0.15, 0.2) is 0 Å². The Labute approximate surface area is 184 Å². The summed E-state index contributed by atoms with van der Waals surface area (Å²) in [6.45, 7) is -0.184. The number of sulfonamides is 1. The average Bonchev–Trinajstić information content (AvgIpc) is 2.71. The van der Waals surface area contributed by atoms with Crippen LogP contribution in [-0.2, 0) is 16.2 Å². The molecule has 0 radical (unpaired) electrons. The van der Waals surface area contributed by atoms with Crippen molar-refractivity contribution in [2.24, 2.45) is 5.14 Å². The summed E-state index contributed by atoms with van der Waals surface area (Å²) in [6, 6.07) is 11.8. The van der Waals surface area contributed by atoms with E-state index in [1.807, 2.05) is 0 Å². The third-order valence-electron chi connectivity index (χ3n) is 5.50. The van der Waals surface area contributed by atoms with Crippen LogP contribution in [0.15, 0.2) is 48.5 Å². The lowest BCUT2D eigenvalue weighted by Crippen LogP contribution is -2.57. The van der Waals surface area contributed by atoms with Gasteiger partial charge < -0.3 is 4.74 Å². The third-order valence-corrected chi connectivity index (χ3v) is 7.38. The lowest BCUT2D eigenvalue weighted by molar-refractivity contribution is -0.139. The molecule has 1 unspecified atom stereocenters. The molecule has 1 aliphatic rings. The molecule has 0 spiro atoms. The molecule has 0 aromatic heterocycles. The first-order valence-electron chi connectivity index (χ1n) is 9.88. The Balaban J connectivity index is 1.98. The van der Waals surface area contributed by atoms with Crippen LogP contribution in [0.4, 0.5) is 13.2 Å². The second-order valence-electron chi connectivity index (χ2n) is 7.63. The predicted molar refractivity (Wildman–Crippen MR) is 113 cm³/mol. The molecule has 0 aliphatic heterocycles. The Bertz CT molecular complexity index is 995. The first kappa shape index (κ1) is 23.8. The topological polar surface area (TPSA) is 81.4 Å². The third kappa shape index (κ3) is 5.71. The van der Waals surface area contributed by atoms with Gasteiger partial charge in [-0.1, -0.05) is 55.1 Å². The molecule has 1 atom stereocenters. The van der Waals surface area contributed by atoms with Crippen LogP contribution < -0.4 is 15.2 Å². The monoisotopic (exact) mass is 476 g/mol. The van der Waals surface area contributed by atoms with E-state index in [-0.39, 0.29) is 30.0 Å². The van der Waals surface area contributed by atoms with Crippen LogP contribution in [0, 0.1) is 0 Å². The number of alkyl halides is 3. The van der Waals surface area contributed by atoms with Crippen LogP contribution >= 0.6 is 11.6 Å². The van der Waals surface area contributed by atoms with Crippen molar-refractivity contribution in [2.75, 3.05) is 6.54 Å². The highest BCUT2D eigenvalue weighted by Crippen LogP contribution is 2.38. The molecule has 0 saturated heterocycles. The molecule has 2 aromatic rings. The van der Waals surface area contributed by atoms with E-state index in [9.17, 15) is 21.6 Å². The van der Waals surface area contributed by atoms with Crippen LogP contribution in [0.3, 0.4) is 0 Å². The van der Waals surface area contributed by atoms with E-state index < -0.39 is 32.7 Å². The van der Waals surface area contributed by atoms with Gasteiger partial charge in [-0.25, -0.2) is 13.6 Å². The number of ether oxygens (including phenoxy) is 1. The van der Waals surface area contributed by atoms with Gasteiger partial charge in [0, 0.05) is 17.1 Å². The molecular weight excluding hydrogens is 453 g/mol. The Morgan fingerprint density at radius 1 is 1.10 bits per heavy atom. The quantitative estimate of drug-likeness (QED) is 0.588. The van der Waals surface area contributed by atoms with Gasteiger partial charge in [-0.15, -0.1) is 0 Å². The molecule has 3 rings (SSSR count). The summed E-state index contributed by atoms with van der Waals surface area (Å²) < 4.78 is 71.8. The number of hydrogen-bond acceptors (Lipinski definition) is 4. The molecule has 0 heterocycles. The molecule has 5 nitrogen and oxygen atoms in total. The fourth-order valence-electron chi connectivity index (χ4n) is 3.90. The van der Waals surface area contributed by atoms with E-state index in [1.165, 1.54) is 12.1 Å². The average molecular weight is 477 g/mol. The summed E-state index contributed by atoms with van der Waals surface area (Å²) in [5.41, 5.74) is -1.08. The van der Waals surface area contributed by atoms with Gasteiger partial charge in [0.2, 0.25) is 10.0 Å². The van der Waals surface area contributed by atoms with Gasteiger partial charge in [-0.3, -0.25) is 5.32 Å². The number of halogens is 4. The minimum Gasteiger partial charge on any atom is -0.484 e. The number of nitrogens with two attached hydrogens (primary N) is 1. The first-order valence-corrected chi connectivity index (χ1v) is 11.8. The molecule has 0 amide bonds. The maximum atomic E-state index is 13.7. The maximum Gasteiger partial charge on any atom is 0.416 e. The van der Waals surface area contributed by atoms with Crippen molar-refractivity contribution in [1.82, 2.24) is 5.32 Å². The second-order valence-corrected chi connectivity index (χ2v) is 9.94. The molecule has 0 bridgehead atoms. The van der Waals surface area contributed by atoms with Crippen molar-refractivity contribution < 1.29 is 26.3 Å². The Kier molecular flexibility index (Phi) is 7.20. The highest BCUT2D eigenvalue weighted by atomic mass is 35.5. The van der Waals surface area contributed by atoms with Crippen LogP contribution in [0.1, 0.15) is 49.3 Å². The minimum atomic E-state index is -4.67. The largest absolute Gasteiger partial charge is 0.484 e. The number of benzene rings is 2. The van der Waals surface area contributed by atoms with E-state index in [0.29, 0.717) is 18.6 Å². The van der Waals surface area contributed by atoms with Crippen LogP contribution in [0.2, 0.25) is 5.02 Å². The number of primary sulfonamides is 1.